The number of nitrogen functional groups attached to an aromatic ring is 1. The van der Waals surface area contributed by atoms with Crippen molar-refractivity contribution in [3.63, 3.8) is 0 Å². The van der Waals surface area contributed by atoms with Crippen LogP contribution in [0.2, 0.25) is 0 Å². The Morgan fingerprint density at radius 2 is 2.37 bits per heavy atom. The van der Waals surface area contributed by atoms with Crippen LogP contribution in [0.15, 0.2) is 22.8 Å². The van der Waals surface area contributed by atoms with E-state index in [2.05, 4.69) is 4.98 Å². The third kappa shape index (κ3) is 2.78. The molecule has 0 atom stereocenters. The maximum absolute atomic E-state index is 11.7. The molecule has 0 bridgehead atoms. The van der Waals surface area contributed by atoms with Gasteiger partial charge in [-0.3, -0.25) is 0 Å². The number of nitrogens with zero attached hydrogens (tertiary/aromatic N) is 2. The zero-order chi connectivity index (χ0) is 13.8. The van der Waals surface area contributed by atoms with Crippen LogP contribution in [0.25, 0.3) is 0 Å². The Kier molecular flexibility index (Phi) is 3.89. The molecular formula is C13H17N3O3. The normalized spacial score (nSPS) is 10.6. The van der Waals surface area contributed by atoms with Crippen LogP contribution < -0.4 is 5.73 Å². The molecule has 6 heteroatoms. The van der Waals surface area contributed by atoms with Gasteiger partial charge in [0.25, 0.3) is 0 Å². The fourth-order valence-corrected chi connectivity index (χ4v) is 1.89. The molecule has 2 rings (SSSR count). The molecule has 2 aromatic rings. The third-order valence-corrected chi connectivity index (χ3v) is 2.83. The van der Waals surface area contributed by atoms with Crippen molar-refractivity contribution in [1.29, 1.82) is 0 Å². The minimum Gasteiger partial charge on any atom is -0.469 e. The summed E-state index contributed by atoms with van der Waals surface area (Å²) in [6, 6.07) is 3.73. The van der Waals surface area contributed by atoms with Gasteiger partial charge in [-0.25, -0.2) is 9.78 Å². The van der Waals surface area contributed by atoms with E-state index in [4.69, 9.17) is 14.9 Å². The van der Waals surface area contributed by atoms with E-state index in [0.717, 1.165) is 5.76 Å². The minimum atomic E-state index is -0.486. The van der Waals surface area contributed by atoms with Crippen LogP contribution in [0.3, 0.4) is 0 Å². The first-order valence-corrected chi connectivity index (χ1v) is 6.15. The van der Waals surface area contributed by atoms with Crippen LogP contribution in [0.4, 0.5) is 5.82 Å². The van der Waals surface area contributed by atoms with E-state index in [1.807, 2.05) is 12.1 Å². The van der Waals surface area contributed by atoms with E-state index in [1.54, 1.807) is 24.7 Å². The van der Waals surface area contributed by atoms with E-state index in [-0.39, 0.29) is 5.69 Å². The Bertz CT molecular complexity index is 558. The fourth-order valence-electron chi connectivity index (χ4n) is 1.89. The number of rotatable bonds is 5. The number of ether oxygens (including phenoxy) is 1. The highest BCUT2D eigenvalue weighted by molar-refractivity contribution is 5.92. The summed E-state index contributed by atoms with van der Waals surface area (Å²) in [6.45, 7) is 4.46. The Hall–Kier alpha value is -2.24. The molecule has 0 fully saturated rings. The first-order chi connectivity index (χ1) is 9.13. The lowest BCUT2D eigenvalue weighted by molar-refractivity contribution is 0.0521. The number of anilines is 1. The second-order valence-corrected chi connectivity index (χ2v) is 4.09. The lowest BCUT2D eigenvalue weighted by atomic mass is 10.3. The summed E-state index contributed by atoms with van der Waals surface area (Å²) < 4.78 is 12.0. The third-order valence-electron chi connectivity index (χ3n) is 2.83. The Balaban J connectivity index is 2.14. The molecule has 2 aromatic heterocycles. The summed E-state index contributed by atoms with van der Waals surface area (Å²) in [4.78, 5) is 15.8. The van der Waals surface area contributed by atoms with Crippen molar-refractivity contribution in [3.8, 4) is 0 Å². The highest BCUT2D eigenvalue weighted by Gasteiger charge is 2.19. The number of aryl methyl sites for hydroxylation is 2. The Labute approximate surface area is 111 Å². The zero-order valence-corrected chi connectivity index (χ0v) is 11.0. The molecule has 2 N–H and O–H groups in total. The highest BCUT2D eigenvalue weighted by atomic mass is 16.5. The van der Waals surface area contributed by atoms with Crippen molar-refractivity contribution in [3.05, 3.63) is 35.7 Å². The predicted octanol–water partition coefficient (Wildman–Crippen LogP) is 1.79. The van der Waals surface area contributed by atoms with Crippen LogP contribution in [0.1, 0.15) is 29.0 Å². The summed E-state index contributed by atoms with van der Waals surface area (Å²) in [5.41, 5.74) is 6.12. The maximum atomic E-state index is 11.7. The standard InChI is InChI=1S/C13H17N3O3/c1-3-18-13(17)11-12(14)16(9(2)15-11)7-6-10-5-4-8-19-10/h4-5,8H,3,6-7,14H2,1-2H3. The molecule has 102 valence electrons. The van der Waals surface area contributed by atoms with Crippen molar-refractivity contribution in [2.45, 2.75) is 26.8 Å². The number of carbonyl (C=O) groups excluding carboxylic acids is 1. The van der Waals surface area contributed by atoms with Crippen LogP contribution >= 0.6 is 0 Å². The van der Waals surface area contributed by atoms with Gasteiger partial charge in [-0.2, -0.15) is 0 Å². The second-order valence-electron chi connectivity index (χ2n) is 4.09. The van der Waals surface area contributed by atoms with Crippen LogP contribution in [0.5, 0.6) is 0 Å². The van der Waals surface area contributed by atoms with Crippen molar-refractivity contribution >= 4 is 11.8 Å². The molecule has 0 radical (unpaired) electrons. The van der Waals surface area contributed by atoms with E-state index >= 15 is 0 Å². The first-order valence-electron chi connectivity index (χ1n) is 6.15. The Morgan fingerprint density at radius 3 is 3.00 bits per heavy atom. The zero-order valence-electron chi connectivity index (χ0n) is 11.0. The lowest BCUT2D eigenvalue weighted by Crippen LogP contribution is -2.11. The molecular weight excluding hydrogens is 246 g/mol. The number of hydrogen-bond acceptors (Lipinski definition) is 5. The van der Waals surface area contributed by atoms with E-state index in [9.17, 15) is 4.79 Å². The SMILES string of the molecule is CCOC(=O)c1nc(C)n(CCc2ccco2)c1N. The van der Waals surface area contributed by atoms with E-state index in [0.29, 0.717) is 31.2 Å². The number of carbonyl (C=O) groups is 1. The van der Waals surface area contributed by atoms with Crippen molar-refractivity contribution < 1.29 is 13.9 Å². The number of furan rings is 1. The summed E-state index contributed by atoms with van der Waals surface area (Å²) in [5, 5.41) is 0. The van der Waals surface area contributed by atoms with Crippen LogP contribution in [-0.4, -0.2) is 22.1 Å². The number of aromatic nitrogens is 2. The summed E-state index contributed by atoms with van der Waals surface area (Å²) in [5.74, 6) is 1.40. The average molecular weight is 263 g/mol. The quantitative estimate of drug-likeness (QED) is 0.831. The van der Waals surface area contributed by atoms with Gasteiger partial charge in [0.15, 0.2) is 5.69 Å². The maximum Gasteiger partial charge on any atom is 0.360 e. The van der Waals surface area contributed by atoms with Crippen molar-refractivity contribution in [2.75, 3.05) is 12.3 Å². The number of nitrogens with two attached hydrogens (primary N) is 1. The molecule has 19 heavy (non-hydrogen) atoms. The summed E-state index contributed by atoms with van der Waals surface area (Å²) in [6.07, 6.45) is 2.32. The van der Waals surface area contributed by atoms with Crippen molar-refractivity contribution in [2.24, 2.45) is 0 Å². The van der Waals surface area contributed by atoms with E-state index < -0.39 is 5.97 Å². The number of hydrogen-bond donors (Lipinski definition) is 1. The second kappa shape index (κ2) is 5.60. The molecule has 0 aliphatic rings. The molecule has 0 saturated heterocycles. The summed E-state index contributed by atoms with van der Waals surface area (Å²) in [7, 11) is 0. The number of esters is 1. The Morgan fingerprint density at radius 1 is 1.58 bits per heavy atom. The van der Waals surface area contributed by atoms with Gasteiger partial charge in [0.05, 0.1) is 12.9 Å². The predicted molar refractivity (Wildman–Crippen MR) is 69.7 cm³/mol. The minimum absolute atomic E-state index is 0.179. The fraction of sp³-hybridized carbons (Fsp3) is 0.385. The van der Waals surface area contributed by atoms with E-state index in [1.165, 1.54) is 0 Å². The molecule has 0 unspecified atom stereocenters. The van der Waals surface area contributed by atoms with Gasteiger partial charge in [0, 0.05) is 13.0 Å². The summed E-state index contributed by atoms with van der Waals surface area (Å²) >= 11 is 0. The van der Waals surface area contributed by atoms with Gasteiger partial charge in [-0.1, -0.05) is 0 Å². The average Bonchev–Trinajstić information content (AvgIpc) is 2.97. The van der Waals surface area contributed by atoms with Gasteiger partial charge < -0.3 is 19.5 Å². The topological polar surface area (TPSA) is 83.3 Å². The molecule has 0 aromatic carbocycles. The van der Waals surface area contributed by atoms with Gasteiger partial charge in [0.1, 0.15) is 17.4 Å². The van der Waals surface area contributed by atoms with Gasteiger partial charge in [-0.05, 0) is 26.0 Å². The van der Waals surface area contributed by atoms with Gasteiger partial charge in [-0.15, -0.1) is 0 Å². The van der Waals surface area contributed by atoms with Gasteiger partial charge in [0.2, 0.25) is 0 Å². The largest absolute Gasteiger partial charge is 0.469 e. The molecule has 2 heterocycles. The van der Waals surface area contributed by atoms with Gasteiger partial charge >= 0.3 is 5.97 Å². The lowest BCUT2D eigenvalue weighted by Gasteiger charge is -2.06. The first kappa shape index (κ1) is 13.2. The van der Waals surface area contributed by atoms with Crippen LogP contribution in [-0.2, 0) is 17.7 Å². The molecule has 0 aliphatic carbocycles. The molecule has 0 saturated carbocycles. The monoisotopic (exact) mass is 263 g/mol. The highest BCUT2D eigenvalue weighted by Crippen LogP contribution is 2.16. The van der Waals surface area contributed by atoms with Crippen LogP contribution in [0, 0.1) is 6.92 Å². The molecule has 0 spiro atoms. The number of imidazole rings is 1. The molecule has 0 aliphatic heterocycles. The molecule has 6 nitrogen and oxygen atoms in total. The smallest absolute Gasteiger partial charge is 0.360 e. The molecule has 0 amide bonds. The van der Waals surface area contributed by atoms with Crippen molar-refractivity contribution in [1.82, 2.24) is 9.55 Å².